The SMILES string of the molecule is CC(C)CC(NC(=O)CC(C)O)(Nc1ccc(OCCCC(=O)O)cc1)C(N)=O. The number of rotatable bonds is 13. The van der Waals surface area contributed by atoms with Gasteiger partial charge in [-0.2, -0.15) is 0 Å². The molecule has 2 unspecified atom stereocenters. The van der Waals surface area contributed by atoms with Crippen molar-refractivity contribution >= 4 is 23.5 Å². The number of carboxylic acid groups (broad SMARTS) is 1. The first-order valence-corrected chi connectivity index (χ1v) is 9.56. The van der Waals surface area contributed by atoms with E-state index in [0.29, 0.717) is 17.9 Å². The maximum absolute atomic E-state index is 12.3. The van der Waals surface area contributed by atoms with Crippen molar-refractivity contribution in [3.8, 4) is 5.75 Å². The molecular weight excluding hydrogens is 378 g/mol. The second-order valence-electron chi connectivity index (χ2n) is 7.46. The van der Waals surface area contributed by atoms with Crippen LogP contribution in [-0.4, -0.2) is 46.4 Å². The summed E-state index contributed by atoms with van der Waals surface area (Å²) in [5.41, 5.74) is 4.66. The molecule has 0 fully saturated rings. The van der Waals surface area contributed by atoms with Crippen LogP contribution >= 0.6 is 0 Å². The second-order valence-corrected chi connectivity index (χ2v) is 7.46. The summed E-state index contributed by atoms with van der Waals surface area (Å²) in [5.74, 6) is -1.52. The van der Waals surface area contributed by atoms with Gasteiger partial charge in [-0.25, -0.2) is 0 Å². The van der Waals surface area contributed by atoms with Crippen molar-refractivity contribution in [1.29, 1.82) is 0 Å². The number of anilines is 1. The zero-order chi connectivity index (χ0) is 22.0. The molecule has 9 heteroatoms. The van der Waals surface area contributed by atoms with E-state index in [-0.39, 0.29) is 31.8 Å². The summed E-state index contributed by atoms with van der Waals surface area (Å²) in [4.78, 5) is 35.0. The van der Waals surface area contributed by atoms with Crippen LogP contribution in [0.2, 0.25) is 0 Å². The predicted molar refractivity (Wildman–Crippen MR) is 108 cm³/mol. The van der Waals surface area contributed by atoms with Gasteiger partial charge in [0.1, 0.15) is 5.75 Å². The number of amides is 2. The zero-order valence-corrected chi connectivity index (χ0v) is 17.1. The van der Waals surface area contributed by atoms with Gasteiger partial charge in [0.05, 0.1) is 19.1 Å². The van der Waals surface area contributed by atoms with Crippen LogP contribution in [0.5, 0.6) is 5.75 Å². The summed E-state index contributed by atoms with van der Waals surface area (Å²) in [6, 6.07) is 6.68. The molecule has 0 heterocycles. The Labute approximate surface area is 170 Å². The molecule has 0 saturated heterocycles. The highest BCUT2D eigenvalue weighted by Gasteiger charge is 2.39. The number of primary amides is 1. The number of carboxylic acids is 1. The predicted octanol–water partition coefficient (Wildman–Crippen LogP) is 1.46. The minimum absolute atomic E-state index is 0.0299. The largest absolute Gasteiger partial charge is 0.494 e. The van der Waals surface area contributed by atoms with Gasteiger partial charge < -0.3 is 31.3 Å². The van der Waals surface area contributed by atoms with Gasteiger partial charge in [-0.15, -0.1) is 0 Å². The third kappa shape index (κ3) is 8.82. The molecule has 2 amide bonds. The molecule has 1 rings (SSSR count). The molecule has 1 aromatic carbocycles. The first kappa shape index (κ1) is 24.2. The number of nitrogens with two attached hydrogens (primary N) is 1. The summed E-state index contributed by atoms with van der Waals surface area (Å²) in [6.45, 7) is 5.55. The Morgan fingerprint density at radius 3 is 2.28 bits per heavy atom. The standard InChI is InChI=1S/C20H31N3O6/c1-13(2)12-20(19(21)28,23-17(25)11-14(3)24)22-15-6-8-16(9-7-15)29-10-4-5-18(26)27/h6-9,13-14,22,24H,4-5,10-12H2,1-3H3,(H2,21,28)(H,23,25)(H,26,27). The van der Waals surface area contributed by atoms with Crippen LogP contribution in [0.3, 0.4) is 0 Å². The van der Waals surface area contributed by atoms with Crippen LogP contribution in [-0.2, 0) is 14.4 Å². The Balaban J connectivity index is 2.90. The average molecular weight is 409 g/mol. The minimum atomic E-state index is -1.51. The molecule has 0 aromatic heterocycles. The smallest absolute Gasteiger partial charge is 0.303 e. The number of carbonyl (C=O) groups is 3. The highest BCUT2D eigenvalue weighted by molar-refractivity contribution is 5.92. The maximum atomic E-state index is 12.3. The van der Waals surface area contributed by atoms with E-state index in [1.807, 2.05) is 13.8 Å². The van der Waals surface area contributed by atoms with E-state index in [1.54, 1.807) is 24.3 Å². The van der Waals surface area contributed by atoms with E-state index < -0.39 is 29.6 Å². The number of ether oxygens (including phenoxy) is 1. The molecule has 2 atom stereocenters. The molecule has 0 aliphatic carbocycles. The van der Waals surface area contributed by atoms with E-state index in [4.69, 9.17) is 15.6 Å². The fourth-order valence-corrected chi connectivity index (χ4v) is 2.82. The van der Waals surface area contributed by atoms with E-state index in [0.717, 1.165) is 0 Å². The molecule has 0 saturated carbocycles. The highest BCUT2D eigenvalue weighted by Crippen LogP contribution is 2.23. The van der Waals surface area contributed by atoms with E-state index in [2.05, 4.69) is 10.6 Å². The van der Waals surface area contributed by atoms with E-state index in [9.17, 15) is 19.5 Å². The first-order chi connectivity index (χ1) is 13.5. The van der Waals surface area contributed by atoms with Crippen molar-refractivity contribution in [2.24, 2.45) is 11.7 Å². The number of aliphatic hydroxyl groups excluding tert-OH is 1. The van der Waals surface area contributed by atoms with Crippen molar-refractivity contribution in [1.82, 2.24) is 5.32 Å². The van der Waals surface area contributed by atoms with Gasteiger partial charge in [0.2, 0.25) is 5.91 Å². The zero-order valence-electron chi connectivity index (χ0n) is 17.1. The molecule has 0 aliphatic heterocycles. The highest BCUT2D eigenvalue weighted by atomic mass is 16.5. The van der Waals surface area contributed by atoms with Gasteiger partial charge in [-0.05, 0) is 43.5 Å². The van der Waals surface area contributed by atoms with Gasteiger partial charge in [-0.1, -0.05) is 13.8 Å². The van der Waals surface area contributed by atoms with Crippen LogP contribution in [0.1, 0.15) is 46.5 Å². The number of aliphatic hydroxyl groups is 1. The minimum Gasteiger partial charge on any atom is -0.494 e. The van der Waals surface area contributed by atoms with Gasteiger partial charge >= 0.3 is 5.97 Å². The Bertz CT molecular complexity index is 690. The lowest BCUT2D eigenvalue weighted by Gasteiger charge is -2.35. The van der Waals surface area contributed by atoms with Crippen molar-refractivity contribution in [3.63, 3.8) is 0 Å². The van der Waals surface area contributed by atoms with E-state index in [1.165, 1.54) is 6.92 Å². The van der Waals surface area contributed by atoms with E-state index >= 15 is 0 Å². The molecule has 6 N–H and O–H groups in total. The second kappa shape index (κ2) is 11.3. The number of nitrogens with one attached hydrogen (secondary N) is 2. The molecule has 29 heavy (non-hydrogen) atoms. The number of aliphatic carboxylic acids is 1. The van der Waals surface area contributed by atoms with Gasteiger partial charge in [0, 0.05) is 18.5 Å². The van der Waals surface area contributed by atoms with Crippen molar-refractivity contribution in [3.05, 3.63) is 24.3 Å². The fourth-order valence-electron chi connectivity index (χ4n) is 2.82. The first-order valence-electron chi connectivity index (χ1n) is 9.56. The fraction of sp³-hybridized carbons (Fsp3) is 0.550. The number of carbonyl (C=O) groups excluding carboxylic acids is 2. The quantitative estimate of drug-likeness (QED) is 0.244. The Morgan fingerprint density at radius 2 is 1.79 bits per heavy atom. The molecule has 0 spiro atoms. The summed E-state index contributed by atoms with van der Waals surface area (Å²) >= 11 is 0. The van der Waals surface area contributed by atoms with Crippen molar-refractivity contribution < 1.29 is 29.3 Å². The molecule has 0 aliphatic rings. The maximum Gasteiger partial charge on any atom is 0.303 e. The summed E-state index contributed by atoms with van der Waals surface area (Å²) in [5, 5.41) is 23.7. The van der Waals surface area contributed by atoms with Crippen LogP contribution in [0.4, 0.5) is 5.69 Å². The van der Waals surface area contributed by atoms with Crippen LogP contribution in [0, 0.1) is 5.92 Å². The number of hydrogen-bond acceptors (Lipinski definition) is 6. The Kier molecular flexibility index (Phi) is 9.40. The normalized spacial score (nSPS) is 14.0. The summed E-state index contributed by atoms with van der Waals surface area (Å²) in [7, 11) is 0. The lowest BCUT2D eigenvalue weighted by Crippen LogP contribution is -2.63. The Hall–Kier alpha value is -2.81. The molecule has 1 aromatic rings. The lowest BCUT2D eigenvalue weighted by molar-refractivity contribution is -0.137. The molecular formula is C20H31N3O6. The molecule has 9 nitrogen and oxygen atoms in total. The summed E-state index contributed by atoms with van der Waals surface area (Å²) < 4.78 is 5.48. The number of hydrogen-bond donors (Lipinski definition) is 5. The lowest BCUT2D eigenvalue weighted by atomic mass is 9.95. The van der Waals surface area contributed by atoms with Gasteiger partial charge in [0.25, 0.3) is 5.91 Å². The average Bonchev–Trinajstić information content (AvgIpc) is 2.58. The molecule has 0 radical (unpaired) electrons. The van der Waals surface area contributed by atoms with Gasteiger partial charge in [0.15, 0.2) is 5.66 Å². The summed E-state index contributed by atoms with van der Waals surface area (Å²) in [6.07, 6.45) is -0.331. The third-order valence-electron chi connectivity index (χ3n) is 3.98. The third-order valence-corrected chi connectivity index (χ3v) is 3.98. The van der Waals surface area contributed by atoms with Crippen LogP contribution < -0.4 is 21.1 Å². The van der Waals surface area contributed by atoms with Gasteiger partial charge in [-0.3, -0.25) is 14.4 Å². The number of benzene rings is 1. The molecule has 0 bridgehead atoms. The Morgan fingerprint density at radius 1 is 1.17 bits per heavy atom. The van der Waals surface area contributed by atoms with Crippen LogP contribution in [0.25, 0.3) is 0 Å². The van der Waals surface area contributed by atoms with Crippen molar-refractivity contribution in [2.45, 2.75) is 58.2 Å². The monoisotopic (exact) mass is 409 g/mol. The topological polar surface area (TPSA) is 151 Å². The van der Waals surface area contributed by atoms with Crippen molar-refractivity contribution in [2.75, 3.05) is 11.9 Å². The van der Waals surface area contributed by atoms with Crippen LogP contribution in [0.15, 0.2) is 24.3 Å². The molecule has 162 valence electrons.